The van der Waals surface area contributed by atoms with E-state index in [2.05, 4.69) is 62.3 Å². The molecule has 5 rings (SSSR count). The zero-order chi connectivity index (χ0) is 27.6. The Morgan fingerprint density at radius 2 is 1.74 bits per heavy atom. The summed E-state index contributed by atoms with van der Waals surface area (Å²) < 4.78 is 0. The molecule has 2 atom stereocenters. The van der Waals surface area contributed by atoms with Crippen molar-refractivity contribution in [3.05, 3.63) is 101 Å². The Morgan fingerprint density at radius 1 is 0.974 bits per heavy atom. The molecule has 1 aromatic heterocycles. The van der Waals surface area contributed by atoms with Gasteiger partial charge in [-0.3, -0.25) is 19.5 Å². The molecule has 5 heteroatoms. The molecule has 3 aromatic rings. The van der Waals surface area contributed by atoms with Crippen molar-refractivity contribution in [3.8, 4) is 0 Å². The zero-order valence-electron chi connectivity index (χ0n) is 23.5. The molecule has 1 amide bonds. The van der Waals surface area contributed by atoms with Crippen molar-refractivity contribution in [2.75, 3.05) is 10.2 Å². The SMILES string of the molecule is CCCCCC(=O)N1c2ccccc2NC2=C(C(=O)C[C@H](c3ccc(C(C)(C)C)cc3)C2)[C@@H]1c1cccnc1. The van der Waals surface area contributed by atoms with E-state index in [9.17, 15) is 9.59 Å². The van der Waals surface area contributed by atoms with E-state index in [1.807, 2.05) is 41.3 Å². The number of nitrogens with zero attached hydrogens (tertiary/aromatic N) is 2. The fourth-order valence-corrected chi connectivity index (χ4v) is 5.86. The predicted octanol–water partition coefficient (Wildman–Crippen LogP) is 7.86. The Balaban J connectivity index is 1.60. The number of allylic oxidation sites excluding steroid dienone is 1. The molecule has 1 aliphatic carbocycles. The average Bonchev–Trinajstić information content (AvgIpc) is 3.08. The number of anilines is 2. The number of amides is 1. The molecule has 2 heterocycles. The molecule has 0 saturated heterocycles. The van der Waals surface area contributed by atoms with Crippen LogP contribution in [0.4, 0.5) is 11.4 Å². The number of pyridine rings is 1. The number of para-hydroxylation sites is 2. The highest BCUT2D eigenvalue weighted by Crippen LogP contribution is 2.47. The normalized spacial score (nSPS) is 19.2. The summed E-state index contributed by atoms with van der Waals surface area (Å²) in [6.45, 7) is 8.77. The summed E-state index contributed by atoms with van der Waals surface area (Å²) in [6, 6.07) is 20.0. The maximum absolute atomic E-state index is 14.1. The van der Waals surface area contributed by atoms with Crippen LogP contribution < -0.4 is 10.2 Å². The van der Waals surface area contributed by atoms with Crippen LogP contribution in [-0.2, 0) is 15.0 Å². The maximum atomic E-state index is 14.1. The van der Waals surface area contributed by atoms with Gasteiger partial charge in [0, 0.05) is 36.5 Å². The van der Waals surface area contributed by atoms with Crippen molar-refractivity contribution in [1.29, 1.82) is 0 Å². The Bertz CT molecular complexity index is 1370. The summed E-state index contributed by atoms with van der Waals surface area (Å²) in [4.78, 5) is 34.2. The highest BCUT2D eigenvalue weighted by atomic mass is 16.2. The highest BCUT2D eigenvalue weighted by molar-refractivity contribution is 6.06. The molecule has 0 fully saturated rings. The van der Waals surface area contributed by atoms with Crippen LogP contribution in [0.5, 0.6) is 0 Å². The van der Waals surface area contributed by atoms with Gasteiger partial charge in [-0.05, 0) is 59.1 Å². The molecule has 1 N–H and O–H groups in total. The molecule has 39 heavy (non-hydrogen) atoms. The number of carbonyl (C=O) groups excluding carboxylic acids is 2. The van der Waals surface area contributed by atoms with Crippen LogP contribution in [0.25, 0.3) is 0 Å². The van der Waals surface area contributed by atoms with Crippen LogP contribution in [0.3, 0.4) is 0 Å². The van der Waals surface area contributed by atoms with Gasteiger partial charge in [-0.15, -0.1) is 0 Å². The first kappa shape index (κ1) is 26.9. The summed E-state index contributed by atoms with van der Waals surface area (Å²) in [7, 11) is 0. The third kappa shape index (κ3) is 5.54. The Labute approximate surface area is 232 Å². The number of fused-ring (bicyclic) bond motifs is 1. The number of aromatic nitrogens is 1. The van der Waals surface area contributed by atoms with Crippen molar-refractivity contribution in [1.82, 2.24) is 4.98 Å². The van der Waals surface area contributed by atoms with Gasteiger partial charge in [-0.2, -0.15) is 0 Å². The molecule has 202 valence electrons. The van der Waals surface area contributed by atoms with Crippen molar-refractivity contribution in [2.45, 2.75) is 83.6 Å². The van der Waals surface area contributed by atoms with Crippen LogP contribution in [0, 0.1) is 0 Å². The Kier molecular flexibility index (Phi) is 7.69. The molecule has 1 aliphatic heterocycles. The minimum atomic E-state index is -0.518. The molecule has 0 spiro atoms. The number of nitrogens with one attached hydrogen (secondary N) is 1. The first-order valence-electron chi connectivity index (χ1n) is 14.2. The predicted molar refractivity (Wildman–Crippen MR) is 158 cm³/mol. The number of hydrogen-bond donors (Lipinski definition) is 1. The molecular weight excluding hydrogens is 482 g/mol. The molecule has 0 bridgehead atoms. The van der Waals surface area contributed by atoms with E-state index in [0.29, 0.717) is 24.8 Å². The Hall–Kier alpha value is -3.73. The van der Waals surface area contributed by atoms with Gasteiger partial charge >= 0.3 is 0 Å². The number of benzene rings is 2. The molecule has 5 nitrogen and oxygen atoms in total. The quantitative estimate of drug-likeness (QED) is 0.335. The minimum absolute atomic E-state index is 0.0352. The van der Waals surface area contributed by atoms with Gasteiger partial charge in [0.15, 0.2) is 5.78 Å². The van der Waals surface area contributed by atoms with Crippen LogP contribution in [0.1, 0.15) is 94.9 Å². The van der Waals surface area contributed by atoms with Gasteiger partial charge in [0.25, 0.3) is 0 Å². The molecular formula is C34H39N3O2. The number of rotatable bonds is 6. The van der Waals surface area contributed by atoms with Gasteiger partial charge in [-0.1, -0.05) is 83.0 Å². The van der Waals surface area contributed by atoms with E-state index in [1.165, 1.54) is 11.1 Å². The van der Waals surface area contributed by atoms with E-state index >= 15 is 0 Å². The summed E-state index contributed by atoms with van der Waals surface area (Å²) >= 11 is 0. The van der Waals surface area contributed by atoms with E-state index in [1.54, 1.807) is 12.4 Å². The second kappa shape index (κ2) is 11.2. The maximum Gasteiger partial charge on any atom is 0.227 e. The van der Waals surface area contributed by atoms with Crippen molar-refractivity contribution >= 4 is 23.1 Å². The fraction of sp³-hybridized carbons (Fsp3) is 0.382. The summed E-state index contributed by atoms with van der Waals surface area (Å²) in [5.74, 6) is 0.195. The van der Waals surface area contributed by atoms with Crippen molar-refractivity contribution in [3.63, 3.8) is 0 Å². The second-order valence-corrected chi connectivity index (χ2v) is 11.8. The van der Waals surface area contributed by atoms with E-state index in [4.69, 9.17) is 0 Å². The van der Waals surface area contributed by atoms with E-state index < -0.39 is 6.04 Å². The van der Waals surface area contributed by atoms with Gasteiger partial charge in [-0.25, -0.2) is 0 Å². The largest absolute Gasteiger partial charge is 0.357 e. The monoisotopic (exact) mass is 521 g/mol. The lowest BCUT2D eigenvalue weighted by atomic mass is 9.77. The lowest BCUT2D eigenvalue weighted by Gasteiger charge is -2.35. The van der Waals surface area contributed by atoms with Crippen molar-refractivity contribution < 1.29 is 9.59 Å². The average molecular weight is 522 g/mol. The Morgan fingerprint density at radius 3 is 2.44 bits per heavy atom. The highest BCUT2D eigenvalue weighted by Gasteiger charge is 2.41. The number of Topliss-reactive ketones (excluding diaryl/α,β-unsaturated/α-hetero) is 1. The number of unbranched alkanes of at least 4 members (excludes halogenated alkanes) is 2. The van der Waals surface area contributed by atoms with Crippen LogP contribution in [0.15, 0.2) is 84.3 Å². The minimum Gasteiger partial charge on any atom is -0.357 e. The number of carbonyl (C=O) groups is 2. The standard InChI is InChI=1S/C34H39N3O2/c1-5-6-7-14-31(39)37-29-13-9-8-12-27(29)36-28-20-25(23-15-17-26(18-16-23)34(2,3)4)21-30(38)32(28)33(37)24-11-10-19-35-22-24/h8-13,15-19,22,25,33,36H,5-7,14,20-21H2,1-4H3/t25-,33+/m1/s1. The van der Waals surface area contributed by atoms with Crippen LogP contribution >= 0.6 is 0 Å². The molecule has 0 saturated carbocycles. The molecule has 2 aliphatic rings. The lowest BCUT2D eigenvalue weighted by molar-refractivity contribution is -0.119. The molecule has 0 radical (unpaired) electrons. The van der Waals surface area contributed by atoms with Crippen molar-refractivity contribution in [2.24, 2.45) is 0 Å². The number of hydrogen-bond acceptors (Lipinski definition) is 4. The van der Waals surface area contributed by atoms with Crippen LogP contribution in [0.2, 0.25) is 0 Å². The van der Waals surface area contributed by atoms with Gasteiger partial charge in [0.2, 0.25) is 5.91 Å². The number of ketones is 1. The first-order chi connectivity index (χ1) is 18.8. The summed E-state index contributed by atoms with van der Waals surface area (Å²) in [6.07, 6.45) is 7.96. The summed E-state index contributed by atoms with van der Waals surface area (Å²) in [5, 5.41) is 3.62. The van der Waals surface area contributed by atoms with E-state index in [-0.39, 0.29) is 23.0 Å². The summed E-state index contributed by atoms with van der Waals surface area (Å²) in [5.41, 5.74) is 6.64. The van der Waals surface area contributed by atoms with Crippen LogP contribution in [-0.4, -0.2) is 16.7 Å². The van der Waals surface area contributed by atoms with Gasteiger partial charge in [0.05, 0.1) is 17.4 Å². The second-order valence-electron chi connectivity index (χ2n) is 11.8. The third-order valence-electron chi connectivity index (χ3n) is 8.00. The lowest BCUT2D eigenvalue weighted by Crippen LogP contribution is -2.38. The third-order valence-corrected chi connectivity index (χ3v) is 8.00. The van der Waals surface area contributed by atoms with Gasteiger partial charge < -0.3 is 5.32 Å². The molecule has 0 unspecified atom stereocenters. The zero-order valence-corrected chi connectivity index (χ0v) is 23.5. The molecule has 2 aromatic carbocycles. The first-order valence-corrected chi connectivity index (χ1v) is 14.2. The fourth-order valence-electron chi connectivity index (χ4n) is 5.86. The topological polar surface area (TPSA) is 62.3 Å². The van der Waals surface area contributed by atoms with Gasteiger partial charge in [0.1, 0.15) is 0 Å². The van der Waals surface area contributed by atoms with E-state index in [0.717, 1.165) is 41.9 Å². The smallest absolute Gasteiger partial charge is 0.227 e.